The van der Waals surface area contributed by atoms with Crippen LogP contribution < -0.4 is 5.73 Å². The van der Waals surface area contributed by atoms with E-state index in [1.165, 1.54) is 0 Å². The van der Waals surface area contributed by atoms with Crippen LogP contribution in [0.3, 0.4) is 0 Å². The second kappa shape index (κ2) is 6.42. The second-order valence-corrected chi connectivity index (χ2v) is 5.24. The topological polar surface area (TPSA) is 53.0 Å². The van der Waals surface area contributed by atoms with Gasteiger partial charge in [-0.05, 0) is 42.4 Å². The van der Waals surface area contributed by atoms with Crippen molar-refractivity contribution in [2.45, 2.75) is 13.1 Å². The number of rotatable bonds is 4. The van der Waals surface area contributed by atoms with Crippen LogP contribution in [0.15, 0.2) is 42.5 Å². The minimum Gasteiger partial charge on any atom is -0.399 e. The molecule has 0 aliphatic carbocycles. The van der Waals surface area contributed by atoms with Gasteiger partial charge in [-0.2, -0.15) is 5.26 Å². The lowest BCUT2D eigenvalue weighted by Crippen LogP contribution is -2.17. The molecule has 2 N–H and O–H groups in total. The highest BCUT2D eigenvalue weighted by molar-refractivity contribution is 6.31. The number of halogens is 1. The molecule has 102 valence electrons. The van der Waals surface area contributed by atoms with E-state index in [1.807, 2.05) is 37.4 Å². The van der Waals surface area contributed by atoms with E-state index in [2.05, 4.69) is 11.0 Å². The van der Waals surface area contributed by atoms with Crippen LogP contribution >= 0.6 is 11.6 Å². The smallest absolute Gasteiger partial charge is 0.0991 e. The van der Waals surface area contributed by atoms with E-state index in [0.29, 0.717) is 16.3 Å². The van der Waals surface area contributed by atoms with Gasteiger partial charge >= 0.3 is 0 Å². The van der Waals surface area contributed by atoms with Gasteiger partial charge in [-0.3, -0.25) is 4.90 Å². The highest BCUT2D eigenvalue weighted by Gasteiger charge is 2.06. The molecule has 0 bridgehead atoms. The van der Waals surface area contributed by atoms with Crippen molar-refractivity contribution in [3.8, 4) is 6.07 Å². The summed E-state index contributed by atoms with van der Waals surface area (Å²) >= 11 is 6.17. The summed E-state index contributed by atoms with van der Waals surface area (Å²) in [5, 5.41) is 9.58. The molecule has 0 amide bonds. The number of hydrogen-bond acceptors (Lipinski definition) is 3. The van der Waals surface area contributed by atoms with Gasteiger partial charge < -0.3 is 5.73 Å². The molecule has 0 aliphatic heterocycles. The number of nitriles is 1. The van der Waals surface area contributed by atoms with E-state index < -0.39 is 0 Å². The second-order valence-electron chi connectivity index (χ2n) is 4.84. The fraction of sp³-hybridized carbons (Fsp3) is 0.188. The van der Waals surface area contributed by atoms with E-state index in [-0.39, 0.29) is 0 Å². The number of anilines is 1. The van der Waals surface area contributed by atoms with Gasteiger partial charge in [-0.1, -0.05) is 29.8 Å². The highest BCUT2D eigenvalue weighted by Crippen LogP contribution is 2.21. The first-order valence-corrected chi connectivity index (χ1v) is 6.68. The number of nitrogen functional groups attached to an aromatic ring is 1. The molecule has 0 fully saturated rings. The fourth-order valence-electron chi connectivity index (χ4n) is 2.09. The Hall–Kier alpha value is -2.02. The summed E-state index contributed by atoms with van der Waals surface area (Å²) in [6.45, 7) is 1.49. The van der Waals surface area contributed by atoms with E-state index in [1.54, 1.807) is 12.1 Å². The summed E-state index contributed by atoms with van der Waals surface area (Å²) in [4.78, 5) is 2.15. The predicted octanol–water partition coefficient (Wildman–Crippen LogP) is 3.43. The van der Waals surface area contributed by atoms with Crippen molar-refractivity contribution in [2.24, 2.45) is 0 Å². The highest BCUT2D eigenvalue weighted by atomic mass is 35.5. The third-order valence-corrected chi connectivity index (χ3v) is 3.38. The Bertz CT molecular complexity index is 646. The molecular formula is C16H16ClN3. The maximum atomic E-state index is 8.90. The summed E-state index contributed by atoms with van der Waals surface area (Å²) in [5.41, 5.74) is 9.19. The number of hydrogen-bond donors (Lipinski definition) is 1. The van der Waals surface area contributed by atoms with Crippen molar-refractivity contribution >= 4 is 17.3 Å². The van der Waals surface area contributed by atoms with Crippen LogP contribution in [0.2, 0.25) is 5.02 Å². The molecule has 0 radical (unpaired) electrons. The lowest BCUT2D eigenvalue weighted by atomic mass is 10.1. The van der Waals surface area contributed by atoms with Crippen LogP contribution in [0, 0.1) is 11.3 Å². The van der Waals surface area contributed by atoms with E-state index in [0.717, 1.165) is 24.2 Å². The number of benzene rings is 2. The van der Waals surface area contributed by atoms with Crippen LogP contribution in [0.5, 0.6) is 0 Å². The van der Waals surface area contributed by atoms with Gasteiger partial charge in [0, 0.05) is 23.8 Å². The van der Waals surface area contributed by atoms with Gasteiger partial charge in [0.25, 0.3) is 0 Å². The average Bonchev–Trinajstić information content (AvgIpc) is 2.42. The SMILES string of the molecule is CN(Cc1cccc(C#N)c1)Cc1ccc(N)cc1Cl. The zero-order chi connectivity index (χ0) is 14.5. The van der Waals surface area contributed by atoms with Crippen LogP contribution in [0.25, 0.3) is 0 Å². The fourth-order valence-corrected chi connectivity index (χ4v) is 2.34. The molecule has 0 saturated heterocycles. The summed E-state index contributed by atoms with van der Waals surface area (Å²) in [5.74, 6) is 0. The van der Waals surface area contributed by atoms with Gasteiger partial charge in [0.05, 0.1) is 11.6 Å². The molecule has 3 nitrogen and oxygen atoms in total. The number of nitrogens with two attached hydrogens (primary N) is 1. The molecular weight excluding hydrogens is 270 g/mol. The molecule has 2 rings (SSSR count). The van der Waals surface area contributed by atoms with Crippen molar-refractivity contribution in [3.05, 3.63) is 64.2 Å². The average molecular weight is 286 g/mol. The minimum atomic E-state index is 0.670. The molecule has 2 aromatic rings. The van der Waals surface area contributed by atoms with E-state index in [9.17, 15) is 0 Å². The van der Waals surface area contributed by atoms with Crippen molar-refractivity contribution < 1.29 is 0 Å². The normalized spacial score (nSPS) is 10.5. The van der Waals surface area contributed by atoms with Crippen molar-refractivity contribution in [2.75, 3.05) is 12.8 Å². The largest absolute Gasteiger partial charge is 0.399 e. The third-order valence-electron chi connectivity index (χ3n) is 3.03. The van der Waals surface area contributed by atoms with Gasteiger partial charge in [0.1, 0.15) is 0 Å². The molecule has 0 aromatic heterocycles. The van der Waals surface area contributed by atoms with E-state index in [4.69, 9.17) is 22.6 Å². The quantitative estimate of drug-likeness (QED) is 0.876. The third kappa shape index (κ3) is 3.74. The molecule has 0 unspecified atom stereocenters. The lowest BCUT2D eigenvalue weighted by molar-refractivity contribution is 0.319. The molecule has 2 aromatic carbocycles. The molecule has 0 heterocycles. The molecule has 0 saturated carbocycles. The van der Waals surface area contributed by atoms with Crippen LogP contribution in [-0.4, -0.2) is 11.9 Å². The molecule has 20 heavy (non-hydrogen) atoms. The summed E-state index contributed by atoms with van der Waals surface area (Å²) in [6.07, 6.45) is 0. The number of nitrogens with zero attached hydrogens (tertiary/aromatic N) is 2. The van der Waals surface area contributed by atoms with Gasteiger partial charge in [0.2, 0.25) is 0 Å². The molecule has 0 aliphatic rings. The maximum Gasteiger partial charge on any atom is 0.0991 e. The van der Waals surface area contributed by atoms with Gasteiger partial charge in [-0.25, -0.2) is 0 Å². The summed E-state index contributed by atoms with van der Waals surface area (Å²) in [6, 6.07) is 15.3. The first-order chi connectivity index (χ1) is 9.58. The lowest BCUT2D eigenvalue weighted by Gasteiger charge is -2.18. The minimum absolute atomic E-state index is 0.670. The van der Waals surface area contributed by atoms with Crippen LogP contribution in [0.4, 0.5) is 5.69 Å². The monoisotopic (exact) mass is 285 g/mol. The Kier molecular flexibility index (Phi) is 4.62. The zero-order valence-corrected chi connectivity index (χ0v) is 12.1. The van der Waals surface area contributed by atoms with Crippen molar-refractivity contribution in [1.29, 1.82) is 5.26 Å². The molecule has 4 heteroatoms. The zero-order valence-electron chi connectivity index (χ0n) is 11.3. The summed E-state index contributed by atoms with van der Waals surface area (Å²) < 4.78 is 0. The Balaban J connectivity index is 2.05. The van der Waals surface area contributed by atoms with Gasteiger partial charge in [-0.15, -0.1) is 0 Å². The predicted molar refractivity (Wildman–Crippen MR) is 82.2 cm³/mol. The Morgan fingerprint density at radius 2 is 2.00 bits per heavy atom. The van der Waals surface area contributed by atoms with Crippen molar-refractivity contribution in [3.63, 3.8) is 0 Å². The summed E-state index contributed by atoms with van der Waals surface area (Å²) in [7, 11) is 2.02. The van der Waals surface area contributed by atoms with Crippen LogP contribution in [0.1, 0.15) is 16.7 Å². The van der Waals surface area contributed by atoms with Crippen molar-refractivity contribution in [1.82, 2.24) is 4.90 Å². The molecule has 0 atom stereocenters. The maximum absolute atomic E-state index is 8.90. The Morgan fingerprint density at radius 3 is 2.70 bits per heavy atom. The molecule has 0 spiro atoms. The van der Waals surface area contributed by atoms with E-state index >= 15 is 0 Å². The van der Waals surface area contributed by atoms with Gasteiger partial charge in [0.15, 0.2) is 0 Å². The Morgan fingerprint density at radius 1 is 1.20 bits per heavy atom. The van der Waals surface area contributed by atoms with Crippen LogP contribution in [-0.2, 0) is 13.1 Å². The first-order valence-electron chi connectivity index (χ1n) is 6.30. The Labute approximate surface area is 124 Å². The standard InChI is InChI=1S/C16H16ClN3/c1-20(10-13-4-2-3-12(7-13)9-18)11-14-5-6-15(19)8-16(14)17/h2-8H,10-11,19H2,1H3. The first kappa shape index (κ1) is 14.4.